The molecule has 2 aromatic rings. The third-order valence-electron chi connectivity index (χ3n) is 2.39. The van der Waals surface area contributed by atoms with Gasteiger partial charge in [-0.2, -0.15) is 13.2 Å². The number of pyridine rings is 2. The van der Waals surface area contributed by atoms with Gasteiger partial charge in [0.25, 0.3) is 5.91 Å². The number of halogens is 3. The highest BCUT2D eigenvalue weighted by molar-refractivity contribution is 6.07. The number of rotatable bonds is 2. The van der Waals surface area contributed by atoms with Crippen LogP contribution in [0.3, 0.4) is 0 Å². The summed E-state index contributed by atoms with van der Waals surface area (Å²) in [5.41, 5.74) is 4.75. The standard InChI is InChI=1S/C12H9F3N4O/c13-12(14,15)9-4-3-7(6-18-9)19-11(20)8-2-1-5-17-10(8)16/h1-6H,(H2,16,17)(H,19,20). The molecule has 0 fully saturated rings. The summed E-state index contributed by atoms with van der Waals surface area (Å²) in [4.78, 5) is 18.8. The number of nitrogens with one attached hydrogen (secondary N) is 1. The fourth-order valence-corrected chi connectivity index (χ4v) is 1.44. The molecule has 8 heteroatoms. The van der Waals surface area contributed by atoms with E-state index in [2.05, 4.69) is 15.3 Å². The minimum atomic E-state index is -4.52. The lowest BCUT2D eigenvalue weighted by Crippen LogP contribution is -2.15. The normalized spacial score (nSPS) is 11.2. The van der Waals surface area contributed by atoms with Crippen LogP contribution in [0, 0.1) is 0 Å². The van der Waals surface area contributed by atoms with Crippen molar-refractivity contribution >= 4 is 17.4 Å². The average Bonchev–Trinajstić information content (AvgIpc) is 2.38. The van der Waals surface area contributed by atoms with Crippen molar-refractivity contribution in [2.45, 2.75) is 6.18 Å². The van der Waals surface area contributed by atoms with Crippen LogP contribution in [-0.4, -0.2) is 15.9 Å². The van der Waals surface area contributed by atoms with Gasteiger partial charge >= 0.3 is 6.18 Å². The summed E-state index contributed by atoms with van der Waals surface area (Å²) in [5.74, 6) is -0.540. The van der Waals surface area contributed by atoms with Crippen LogP contribution in [0.2, 0.25) is 0 Å². The molecule has 3 N–H and O–H groups in total. The zero-order valence-electron chi connectivity index (χ0n) is 9.98. The van der Waals surface area contributed by atoms with E-state index in [-0.39, 0.29) is 17.1 Å². The first kappa shape index (κ1) is 13.8. The van der Waals surface area contributed by atoms with Crippen LogP contribution in [0.4, 0.5) is 24.7 Å². The Morgan fingerprint density at radius 2 is 1.95 bits per heavy atom. The molecule has 0 unspecified atom stereocenters. The van der Waals surface area contributed by atoms with E-state index in [0.29, 0.717) is 0 Å². The molecule has 0 spiro atoms. The van der Waals surface area contributed by atoms with Crippen molar-refractivity contribution in [1.29, 1.82) is 0 Å². The molecule has 104 valence electrons. The van der Waals surface area contributed by atoms with Crippen molar-refractivity contribution in [3.05, 3.63) is 47.9 Å². The van der Waals surface area contributed by atoms with Gasteiger partial charge in [-0.25, -0.2) is 9.97 Å². The lowest BCUT2D eigenvalue weighted by Gasteiger charge is -2.08. The van der Waals surface area contributed by atoms with Gasteiger partial charge < -0.3 is 11.1 Å². The summed E-state index contributed by atoms with van der Waals surface area (Å²) in [5, 5.41) is 2.39. The maximum atomic E-state index is 12.3. The highest BCUT2D eigenvalue weighted by atomic mass is 19.4. The molecule has 0 aliphatic heterocycles. The van der Waals surface area contributed by atoms with Crippen molar-refractivity contribution in [2.24, 2.45) is 0 Å². The predicted molar refractivity (Wildman–Crippen MR) is 65.8 cm³/mol. The Hall–Kier alpha value is -2.64. The van der Waals surface area contributed by atoms with Gasteiger partial charge in [0.2, 0.25) is 0 Å². The number of nitrogens with two attached hydrogens (primary N) is 1. The van der Waals surface area contributed by atoms with E-state index in [1.165, 1.54) is 18.3 Å². The van der Waals surface area contributed by atoms with E-state index in [4.69, 9.17) is 5.73 Å². The van der Waals surface area contributed by atoms with E-state index < -0.39 is 17.8 Å². The second-order valence-electron chi connectivity index (χ2n) is 3.82. The Kier molecular flexibility index (Phi) is 3.55. The average molecular weight is 282 g/mol. The number of aromatic nitrogens is 2. The van der Waals surface area contributed by atoms with Gasteiger partial charge in [-0.3, -0.25) is 4.79 Å². The Morgan fingerprint density at radius 3 is 2.50 bits per heavy atom. The number of hydrogen-bond acceptors (Lipinski definition) is 4. The van der Waals surface area contributed by atoms with Crippen molar-refractivity contribution in [2.75, 3.05) is 11.1 Å². The van der Waals surface area contributed by atoms with Crippen LogP contribution < -0.4 is 11.1 Å². The van der Waals surface area contributed by atoms with E-state index in [9.17, 15) is 18.0 Å². The second-order valence-corrected chi connectivity index (χ2v) is 3.82. The number of hydrogen-bond donors (Lipinski definition) is 2. The van der Waals surface area contributed by atoms with Crippen LogP contribution in [0.25, 0.3) is 0 Å². The molecule has 0 aliphatic carbocycles. The maximum absolute atomic E-state index is 12.3. The summed E-state index contributed by atoms with van der Waals surface area (Å²) in [7, 11) is 0. The van der Waals surface area contributed by atoms with Crippen LogP contribution in [0.5, 0.6) is 0 Å². The molecular weight excluding hydrogens is 273 g/mol. The Labute approximate surface area is 111 Å². The molecule has 0 bridgehead atoms. The van der Waals surface area contributed by atoms with Crippen molar-refractivity contribution < 1.29 is 18.0 Å². The molecule has 0 saturated heterocycles. The number of carbonyl (C=O) groups is 1. The second kappa shape index (κ2) is 5.16. The number of nitrogen functional groups attached to an aromatic ring is 1. The van der Waals surface area contributed by atoms with E-state index in [0.717, 1.165) is 18.3 Å². The van der Waals surface area contributed by atoms with Gasteiger partial charge in [0.05, 0.1) is 17.4 Å². The Balaban J connectivity index is 2.15. The number of amides is 1. The Morgan fingerprint density at radius 1 is 1.20 bits per heavy atom. The molecule has 0 atom stereocenters. The molecular formula is C12H9F3N4O. The van der Waals surface area contributed by atoms with Gasteiger partial charge in [-0.05, 0) is 24.3 Å². The minimum absolute atomic E-state index is 0.0323. The molecule has 20 heavy (non-hydrogen) atoms. The predicted octanol–water partition coefficient (Wildman–Crippen LogP) is 2.33. The van der Waals surface area contributed by atoms with Gasteiger partial charge in [0.15, 0.2) is 0 Å². The maximum Gasteiger partial charge on any atom is 0.433 e. The largest absolute Gasteiger partial charge is 0.433 e. The molecule has 0 aromatic carbocycles. The molecule has 5 nitrogen and oxygen atoms in total. The van der Waals surface area contributed by atoms with Crippen LogP contribution >= 0.6 is 0 Å². The summed E-state index contributed by atoms with van der Waals surface area (Å²) in [6, 6.07) is 4.87. The molecule has 2 aromatic heterocycles. The van der Waals surface area contributed by atoms with Gasteiger partial charge in [-0.1, -0.05) is 0 Å². The molecule has 2 heterocycles. The lowest BCUT2D eigenvalue weighted by molar-refractivity contribution is -0.141. The first-order chi connectivity index (χ1) is 9.38. The van der Waals surface area contributed by atoms with Gasteiger partial charge in [0, 0.05) is 6.20 Å². The summed E-state index contributed by atoms with van der Waals surface area (Å²) >= 11 is 0. The number of alkyl halides is 3. The topological polar surface area (TPSA) is 80.9 Å². The SMILES string of the molecule is Nc1ncccc1C(=O)Nc1ccc(C(F)(F)F)nc1. The summed E-state index contributed by atoms with van der Waals surface area (Å²) < 4.78 is 37.0. The number of carbonyl (C=O) groups excluding carboxylic acids is 1. The highest BCUT2D eigenvalue weighted by Gasteiger charge is 2.32. The lowest BCUT2D eigenvalue weighted by atomic mass is 10.2. The fraction of sp³-hybridized carbons (Fsp3) is 0.0833. The van der Waals surface area contributed by atoms with Crippen LogP contribution in [0.15, 0.2) is 36.7 Å². The van der Waals surface area contributed by atoms with Crippen molar-refractivity contribution in [3.8, 4) is 0 Å². The molecule has 0 saturated carbocycles. The molecule has 1 amide bonds. The molecule has 0 aliphatic rings. The van der Waals surface area contributed by atoms with E-state index in [1.54, 1.807) is 0 Å². The molecule has 0 radical (unpaired) electrons. The first-order valence-electron chi connectivity index (χ1n) is 5.43. The highest BCUT2D eigenvalue weighted by Crippen LogP contribution is 2.27. The molecule has 2 rings (SSSR count). The van der Waals surface area contributed by atoms with Crippen molar-refractivity contribution in [3.63, 3.8) is 0 Å². The van der Waals surface area contributed by atoms with E-state index in [1.807, 2.05) is 0 Å². The van der Waals surface area contributed by atoms with Gasteiger partial charge in [-0.15, -0.1) is 0 Å². The summed E-state index contributed by atoms with van der Waals surface area (Å²) in [6.45, 7) is 0. The van der Waals surface area contributed by atoms with Crippen molar-refractivity contribution in [1.82, 2.24) is 9.97 Å². The van der Waals surface area contributed by atoms with Crippen LogP contribution in [-0.2, 0) is 6.18 Å². The zero-order chi connectivity index (χ0) is 14.8. The quantitative estimate of drug-likeness (QED) is 0.885. The fourth-order valence-electron chi connectivity index (χ4n) is 1.44. The van der Waals surface area contributed by atoms with E-state index >= 15 is 0 Å². The first-order valence-corrected chi connectivity index (χ1v) is 5.43. The third kappa shape index (κ3) is 3.02. The van der Waals surface area contributed by atoms with Gasteiger partial charge in [0.1, 0.15) is 11.5 Å². The monoisotopic (exact) mass is 282 g/mol. The minimum Gasteiger partial charge on any atom is -0.383 e. The smallest absolute Gasteiger partial charge is 0.383 e. The zero-order valence-corrected chi connectivity index (χ0v) is 9.98. The van der Waals surface area contributed by atoms with Crippen LogP contribution in [0.1, 0.15) is 16.1 Å². The Bertz CT molecular complexity index is 625. The third-order valence-corrected chi connectivity index (χ3v) is 2.39. The summed E-state index contributed by atoms with van der Waals surface area (Å²) in [6.07, 6.45) is -2.17. The number of anilines is 2. The number of nitrogens with zero attached hydrogens (tertiary/aromatic N) is 2.